The smallest absolute Gasteiger partial charge is 0.325 e. The lowest BCUT2D eigenvalue weighted by atomic mass is 9.91. The highest BCUT2D eigenvalue weighted by atomic mass is 127. The largest absolute Gasteiger partial charge is 0.344 e. The van der Waals surface area contributed by atoms with Crippen LogP contribution in [-0.4, -0.2) is 32.8 Å². The number of aromatic amines is 1. The minimum Gasteiger partial charge on any atom is -0.344 e. The summed E-state index contributed by atoms with van der Waals surface area (Å²) in [5.74, 6) is 0.161. The highest BCUT2D eigenvalue weighted by Crippen LogP contribution is 2.40. The van der Waals surface area contributed by atoms with Crippen molar-refractivity contribution in [3.8, 4) is 11.3 Å². The van der Waals surface area contributed by atoms with Gasteiger partial charge in [-0.15, -0.1) is 0 Å². The van der Waals surface area contributed by atoms with Gasteiger partial charge in [0.25, 0.3) is 5.91 Å². The molecule has 2 aromatic carbocycles. The SMILES string of the molecule is Cc1[nH]c([C@H]([C@@H](C)c2ccccc2)N2C(=O)NC(CC3CC3)C2=O)nc1-c1ccc(I)cc1F. The number of amides is 3. The molecule has 0 bridgehead atoms. The van der Waals surface area contributed by atoms with E-state index in [-0.39, 0.29) is 17.6 Å². The summed E-state index contributed by atoms with van der Waals surface area (Å²) < 4.78 is 15.6. The number of carbonyl (C=O) groups is 2. The number of imide groups is 1. The first kappa shape index (κ1) is 23.0. The molecule has 34 heavy (non-hydrogen) atoms. The molecule has 8 heteroatoms. The Kier molecular flexibility index (Phi) is 6.18. The first-order chi connectivity index (χ1) is 16.3. The van der Waals surface area contributed by atoms with Gasteiger partial charge in [-0.25, -0.2) is 14.2 Å². The fourth-order valence-electron chi connectivity index (χ4n) is 4.75. The summed E-state index contributed by atoms with van der Waals surface area (Å²) in [4.78, 5) is 35.9. The first-order valence-corrected chi connectivity index (χ1v) is 12.6. The zero-order valence-corrected chi connectivity index (χ0v) is 21.2. The molecular weight excluding hydrogens is 546 g/mol. The monoisotopic (exact) mass is 572 g/mol. The van der Waals surface area contributed by atoms with Gasteiger partial charge in [-0.3, -0.25) is 9.69 Å². The lowest BCUT2D eigenvalue weighted by Crippen LogP contribution is -2.38. The molecule has 2 N–H and O–H groups in total. The topological polar surface area (TPSA) is 78.1 Å². The first-order valence-electron chi connectivity index (χ1n) is 11.5. The van der Waals surface area contributed by atoms with Crippen molar-refractivity contribution in [3.63, 3.8) is 0 Å². The standard InChI is InChI=1S/C26H26FIN4O2/c1-14(17-6-4-3-5-7-17)23(32-25(33)21(30-26(32)34)12-16-8-9-16)24-29-15(2)22(31-24)19-11-10-18(28)13-20(19)27/h3-7,10-11,13-14,16,21,23H,8-9,12H2,1-2H3,(H,29,31)(H,30,34)/t14-,21?,23-/m0/s1. The molecule has 1 aliphatic heterocycles. The summed E-state index contributed by atoms with van der Waals surface area (Å²) >= 11 is 2.07. The van der Waals surface area contributed by atoms with Crippen LogP contribution in [0.2, 0.25) is 0 Å². The Morgan fingerprint density at radius 2 is 1.91 bits per heavy atom. The highest BCUT2D eigenvalue weighted by molar-refractivity contribution is 14.1. The van der Waals surface area contributed by atoms with Crippen molar-refractivity contribution in [2.45, 2.75) is 51.1 Å². The third-order valence-corrected chi connectivity index (χ3v) is 7.44. The molecule has 0 radical (unpaired) electrons. The molecule has 2 fully saturated rings. The van der Waals surface area contributed by atoms with Crippen LogP contribution in [0.4, 0.5) is 9.18 Å². The molecule has 1 saturated carbocycles. The molecular formula is C26H26FIN4O2. The number of nitrogens with one attached hydrogen (secondary N) is 2. The van der Waals surface area contributed by atoms with Gasteiger partial charge in [-0.1, -0.05) is 50.1 Å². The van der Waals surface area contributed by atoms with Gasteiger partial charge >= 0.3 is 6.03 Å². The maximum absolute atomic E-state index is 14.8. The molecule has 3 atom stereocenters. The molecule has 1 saturated heterocycles. The molecule has 2 heterocycles. The Balaban J connectivity index is 1.56. The van der Waals surface area contributed by atoms with E-state index >= 15 is 0 Å². The van der Waals surface area contributed by atoms with E-state index in [2.05, 4.69) is 32.9 Å². The summed E-state index contributed by atoms with van der Waals surface area (Å²) in [7, 11) is 0. The number of hydrogen-bond acceptors (Lipinski definition) is 3. The number of aromatic nitrogens is 2. The minimum atomic E-state index is -0.654. The Bertz CT molecular complexity index is 1240. The van der Waals surface area contributed by atoms with Crippen LogP contribution in [0.15, 0.2) is 48.5 Å². The van der Waals surface area contributed by atoms with E-state index in [0.717, 1.165) is 22.0 Å². The third kappa shape index (κ3) is 4.35. The maximum atomic E-state index is 14.8. The summed E-state index contributed by atoms with van der Waals surface area (Å²) in [5, 5.41) is 2.89. The molecule has 3 amide bonds. The second-order valence-electron chi connectivity index (χ2n) is 9.25. The van der Waals surface area contributed by atoms with E-state index in [1.807, 2.05) is 50.2 Å². The molecule has 0 spiro atoms. The van der Waals surface area contributed by atoms with Crippen molar-refractivity contribution < 1.29 is 14.0 Å². The number of aryl methyl sites for hydroxylation is 1. The molecule has 5 rings (SSSR count). The number of carbonyl (C=O) groups excluding carboxylic acids is 2. The van der Waals surface area contributed by atoms with Gasteiger partial charge in [0.05, 0.1) is 5.69 Å². The molecule has 6 nitrogen and oxygen atoms in total. The Labute approximate surface area is 211 Å². The van der Waals surface area contributed by atoms with Crippen LogP contribution in [0.25, 0.3) is 11.3 Å². The quantitative estimate of drug-likeness (QED) is 0.282. The number of rotatable bonds is 7. The predicted molar refractivity (Wildman–Crippen MR) is 136 cm³/mol. The number of H-pyrrole nitrogens is 1. The van der Waals surface area contributed by atoms with Crippen LogP contribution >= 0.6 is 22.6 Å². The van der Waals surface area contributed by atoms with Crippen molar-refractivity contribution in [2.75, 3.05) is 0 Å². The van der Waals surface area contributed by atoms with Crippen molar-refractivity contribution in [1.29, 1.82) is 0 Å². The van der Waals surface area contributed by atoms with E-state index in [4.69, 9.17) is 4.98 Å². The van der Waals surface area contributed by atoms with Crippen LogP contribution in [-0.2, 0) is 4.79 Å². The third-order valence-electron chi connectivity index (χ3n) is 6.76. The van der Waals surface area contributed by atoms with Gasteiger partial charge in [0.15, 0.2) is 0 Å². The van der Waals surface area contributed by atoms with Gasteiger partial charge in [-0.2, -0.15) is 0 Å². The van der Waals surface area contributed by atoms with Gasteiger partial charge < -0.3 is 10.3 Å². The Morgan fingerprint density at radius 3 is 2.59 bits per heavy atom. The van der Waals surface area contributed by atoms with Gasteiger partial charge in [0.2, 0.25) is 0 Å². The van der Waals surface area contributed by atoms with E-state index in [0.29, 0.717) is 35.1 Å². The van der Waals surface area contributed by atoms with Crippen LogP contribution in [0.3, 0.4) is 0 Å². The summed E-state index contributed by atoms with van der Waals surface area (Å²) in [6, 6.07) is 13.2. The van der Waals surface area contributed by atoms with Crippen LogP contribution < -0.4 is 5.32 Å². The fraction of sp³-hybridized carbons (Fsp3) is 0.346. The average Bonchev–Trinajstić information content (AvgIpc) is 3.50. The average molecular weight is 572 g/mol. The maximum Gasteiger partial charge on any atom is 0.325 e. The predicted octanol–water partition coefficient (Wildman–Crippen LogP) is 5.69. The Hall–Kier alpha value is -2.75. The fourth-order valence-corrected chi connectivity index (χ4v) is 5.20. The van der Waals surface area contributed by atoms with E-state index < -0.39 is 18.1 Å². The van der Waals surface area contributed by atoms with E-state index in [1.165, 1.54) is 11.0 Å². The Morgan fingerprint density at radius 1 is 1.18 bits per heavy atom. The second-order valence-corrected chi connectivity index (χ2v) is 10.5. The van der Waals surface area contributed by atoms with Crippen LogP contribution in [0, 0.1) is 22.2 Å². The molecule has 1 unspecified atom stereocenters. The lowest BCUT2D eigenvalue weighted by Gasteiger charge is -2.29. The van der Waals surface area contributed by atoms with Crippen molar-refractivity contribution in [2.24, 2.45) is 5.92 Å². The molecule has 1 aliphatic carbocycles. The highest BCUT2D eigenvalue weighted by Gasteiger charge is 2.47. The number of imidazole rings is 1. The molecule has 1 aromatic heterocycles. The van der Waals surface area contributed by atoms with Gasteiger partial charge in [-0.05, 0) is 65.6 Å². The van der Waals surface area contributed by atoms with E-state index in [9.17, 15) is 14.0 Å². The molecule has 176 valence electrons. The number of hydrogen-bond donors (Lipinski definition) is 2. The lowest BCUT2D eigenvalue weighted by molar-refractivity contribution is -0.129. The number of benzene rings is 2. The van der Waals surface area contributed by atoms with Crippen LogP contribution in [0.5, 0.6) is 0 Å². The van der Waals surface area contributed by atoms with Gasteiger partial charge in [0.1, 0.15) is 23.7 Å². The zero-order chi connectivity index (χ0) is 24.0. The zero-order valence-electron chi connectivity index (χ0n) is 19.0. The van der Waals surface area contributed by atoms with Crippen molar-refractivity contribution in [1.82, 2.24) is 20.2 Å². The summed E-state index contributed by atoms with van der Waals surface area (Å²) in [6.45, 7) is 3.81. The summed E-state index contributed by atoms with van der Waals surface area (Å²) in [5.41, 5.74) is 2.53. The molecule has 2 aliphatic rings. The summed E-state index contributed by atoms with van der Waals surface area (Å²) in [6.07, 6.45) is 2.88. The van der Waals surface area contributed by atoms with E-state index in [1.54, 1.807) is 6.07 Å². The van der Waals surface area contributed by atoms with Crippen LogP contribution in [0.1, 0.15) is 55.2 Å². The van der Waals surface area contributed by atoms with Crippen molar-refractivity contribution >= 4 is 34.5 Å². The second kappa shape index (κ2) is 9.13. The number of nitrogens with zero attached hydrogens (tertiary/aromatic N) is 2. The normalized spacial score (nSPS) is 19.9. The number of urea groups is 1. The number of halogens is 2. The minimum absolute atomic E-state index is 0.222. The van der Waals surface area contributed by atoms with Gasteiger partial charge in [0, 0.05) is 20.7 Å². The van der Waals surface area contributed by atoms with Crippen molar-refractivity contribution in [3.05, 3.63) is 75.0 Å². The molecule has 3 aromatic rings.